The average Bonchev–Trinajstić information content (AvgIpc) is 2.13. The molecule has 1 unspecified atom stereocenters. The van der Waals surface area contributed by atoms with E-state index in [0.29, 0.717) is 5.41 Å². The number of hydrogen-bond donors (Lipinski definition) is 2. The Morgan fingerprint density at radius 2 is 2.08 bits per heavy atom. The predicted octanol–water partition coefficient (Wildman–Crippen LogP) is 0.712. The van der Waals surface area contributed by atoms with E-state index in [1.807, 2.05) is 0 Å². The van der Waals surface area contributed by atoms with Gasteiger partial charge in [-0.2, -0.15) is 0 Å². The van der Waals surface area contributed by atoms with Crippen LogP contribution in [0.2, 0.25) is 0 Å². The van der Waals surface area contributed by atoms with Crippen LogP contribution < -0.4 is 10.6 Å². The molecule has 2 aliphatic rings. The van der Waals surface area contributed by atoms with Crippen LogP contribution in [-0.4, -0.2) is 32.0 Å². The Morgan fingerprint density at radius 1 is 1.23 bits per heavy atom. The van der Waals surface area contributed by atoms with Crippen molar-refractivity contribution in [1.29, 1.82) is 0 Å². The van der Waals surface area contributed by atoms with Crippen molar-refractivity contribution in [2.24, 2.45) is 5.41 Å². The minimum absolute atomic E-state index is 0.0478. The Morgan fingerprint density at radius 3 is 2.62 bits per heavy atom. The summed E-state index contributed by atoms with van der Waals surface area (Å²) >= 11 is 0. The van der Waals surface area contributed by atoms with Crippen LogP contribution in [0.4, 0.5) is 0 Å². The highest BCUT2D eigenvalue weighted by Crippen LogP contribution is 2.28. The molecule has 2 fully saturated rings. The molecule has 3 nitrogen and oxygen atoms in total. The molecule has 0 saturated carbocycles. The van der Waals surface area contributed by atoms with Crippen LogP contribution in [0.3, 0.4) is 0 Å². The van der Waals surface area contributed by atoms with Crippen LogP contribution in [0.5, 0.6) is 0 Å². The van der Waals surface area contributed by atoms with Crippen molar-refractivity contribution < 1.29 is 4.74 Å². The predicted molar refractivity (Wildman–Crippen MR) is 52.6 cm³/mol. The van der Waals surface area contributed by atoms with E-state index in [2.05, 4.69) is 24.5 Å². The van der Waals surface area contributed by atoms with Crippen LogP contribution in [0.15, 0.2) is 0 Å². The third kappa shape index (κ3) is 2.03. The van der Waals surface area contributed by atoms with Gasteiger partial charge in [-0.25, -0.2) is 0 Å². The smallest absolute Gasteiger partial charge is 0.131 e. The van der Waals surface area contributed by atoms with Crippen molar-refractivity contribution in [3.8, 4) is 0 Å². The molecular formula is C10H20N2O. The van der Waals surface area contributed by atoms with Gasteiger partial charge in [0.05, 0.1) is 6.61 Å². The third-order valence-electron chi connectivity index (χ3n) is 2.97. The first-order valence-electron chi connectivity index (χ1n) is 5.22. The fourth-order valence-corrected chi connectivity index (χ4v) is 1.99. The molecule has 0 aromatic heterocycles. The summed E-state index contributed by atoms with van der Waals surface area (Å²) in [5, 5.41) is 6.93. The second kappa shape index (κ2) is 3.23. The molecule has 1 atom stereocenters. The standard InChI is InChI=1S/C10H20N2O/c1-9(2)6-12-10(13-8-9)4-3-5-11-7-10/h11-12H,3-8H2,1-2H3. The van der Waals surface area contributed by atoms with Gasteiger partial charge in [0.1, 0.15) is 5.72 Å². The lowest BCUT2D eigenvalue weighted by atomic mass is 9.90. The molecule has 0 aliphatic carbocycles. The maximum atomic E-state index is 5.95. The van der Waals surface area contributed by atoms with Crippen molar-refractivity contribution in [3.05, 3.63) is 0 Å². The Labute approximate surface area is 80.2 Å². The first-order chi connectivity index (χ1) is 6.12. The third-order valence-corrected chi connectivity index (χ3v) is 2.97. The summed E-state index contributed by atoms with van der Waals surface area (Å²) in [6.45, 7) is 8.52. The summed E-state index contributed by atoms with van der Waals surface area (Å²) in [6.07, 6.45) is 2.36. The highest BCUT2D eigenvalue weighted by Gasteiger charge is 2.39. The molecule has 2 aliphatic heterocycles. The van der Waals surface area contributed by atoms with E-state index in [0.717, 1.165) is 32.7 Å². The highest BCUT2D eigenvalue weighted by molar-refractivity contribution is 4.91. The minimum atomic E-state index is -0.0478. The quantitative estimate of drug-likeness (QED) is 0.582. The number of ether oxygens (including phenoxy) is 1. The van der Waals surface area contributed by atoms with Crippen molar-refractivity contribution in [1.82, 2.24) is 10.6 Å². The number of rotatable bonds is 0. The van der Waals surface area contributed by atoms with Gasteiger partial charge in [0.15, 0.2) is 0 Å². The Bertz CT molecular complexity index is 173. The van der Waals surface area contributed by atoms with Crippen molar-refractivity contribution in [2.75, 3.05) is 26.2 Å². The second-order valence-corrected chi connectivity index (χ2v) is 5.08. The maximum absolute atomic E-state index is 5.95. The molecular weight excluding hydrogens is 164 g/mol. The van der Waals surface area contributed by atoms with Crippen LogP contribution in [0.1, 0.15) is 26.7 Å². The van der Waals surface area contributed by atoms with E-state index < -0.39 is 0 Å². The van der Waals surface area contributed by atoms with Gasteiger partial charge >= 0.3 is 0 Å². The van der Waals surface area contributed by atoms with E-state index in [-0.39, 0.29) is 5.72 Å². The summed E-state index contributed by atoms with van der Waals surface area (Å²) < 4.78 is 5.95. The van der Waals surface area contributed by atoms with Crippen LogP contribution in [0, 0.1) is 5.41 Å². The van der Waals surface area contributed by atoms with Crippen LogP contribution in [0.25, 0.3) is 0 Å². The molecule has 76 valence electrons. The normalized spacial score (nSPS) is 39.2. The average molecular weight is 184 g/mol. The zero-order valence-electron chi connectivity index (χ0n) is 8.65. The van der Waals surface area contributed by atoms with E-state index in [1.54, 1.807) is 0 Å². The van der Waals surface area contributed by atoms with Crippen molar-refractivity contribution in [3.63, 3.8) is 0 Å². The summed E-state index contributed by atoms with van der Waals surface area (Å²) in [4.78, 5) is 0. The van der Waals surface area contributed by atoms with Gasteiger partial charge in [0.2, 0.25) is 0 Å². The first kappa shape index (κ1) is 9.44. The van der Waals surface area contributed by atoms with Crippen molar-refractivity contribution >= 4 is 0 Å². The van der Waals surface area contributed by atoms with Gasteiger partial charge in [0.25, 0.3) is 0 Å². The zero-order valence-corrected chi connectivity index (χ0v) is 8.65. The Kier molecular flexibility index (Phi) is 2.34. The molecule has 2 rings (SSSR count). The van der Waals surface area contributed by atoms with E-state index >= 15 is 0 Å². The Balaban J connectivity index is 1.95. The lowest BCUT2D eigenvalue weighted by Gasteiger charge is -2.46. The summed E-state index contributed by atoms with van der Waals surface area (Å²) in [5.41, 5.74) is 0.246. The summed E-state index contributed by atoms with van der Waals surface area (Å²) in [6, 6.07) is 0. The SMILES string of the molecule is CC1(C)CNC2(CCCNC2)OC1. The fourth-order valence-electron chi connectivity index (χ4n) is 1.99. The van der Waals surface area contributed by atoms with Crippen molar-refractivity contribution in [2.45, 2.75) is 32.4 Å². The lowest BCUT2D eigenvalue weighted by molar-refractivity contribution is -0.145. The van der Waals surface area contributed by atoms with Crippen LogP contribution in [-0.2, 0) is 4.74 Å². The molecule has 0 aromatic carbocycles. The van der Waals surface area contributed by atoms with Gasteiger partial charge in [-0.15, -0.1) is 0 Å². The molecule has 13 heavy (non-hydrogen) atoms. The topological polar surface area (TPSA) is 33.3 Å². The van der Waals surface area contributed by atoms with Crippen LogP contribution >= 0.6 is 0 Å². The molecule has 0 aromatic rings. The van der Waals surface area contributed by atoms with E-state index in [9.17, 15) is 0 Å². The Hall–Kier alpha value is -0.120. The molecule has 3 heteroatoms. The second-order valence-electron chi connectivity index (χ2n) is 5.08. The van der Waals surface area contributed by atoms with Gasteiger partial charge in [0, 0.05) is 18.5 Å². The maximum Gasteiger partial charge on any atom is 0.131 e. The van der Waals surface area contributed by atoms with Gasteiger partial charge in [-0.3, -0.25) is 5.32 Å². The molecule has 2 saturated heterocycles. The van der Waals surface area contributed by atoms with E-state index in [4.69, 9.17) is 4.74 Å². The minimum Gasteiger partial charge on any atom is -0.359 e. The van der Waals surface area contributed by atoms with Gasteiger partial charge in [-0.05, 0) is 19.4 Å². The number of nitrogens with one attached hydrogen (secondary N) is 2. The molecule has 0 radical (unpaired) electrons. The van der Waals surface area contributed by atoms with E-state index in [1.165, 1.54) is 6.42 Å². The number of piperidine rings is 1. The zero-order chi connectivity index (χ0) is 9.36. The molecule has 2 N–H and O–H groups in total. The first-order valence-corrected chi connectivity index (χ1v) is 5.22. The monoisotopic (exact) mass is 184 g/mol. The molecule has 2 heterocycles. The number of hydrogen-bond acceptors (Lipinski definition) is 3. The fraction of sp³-hybridized carbons (Fsp3) is 1.00. The van der Waals surface area contributed by atoms with Gasteiger partial charge < -0.3 is 10.1 Å². The summed E-state index contributed by atoms with van der Waals surface area (Å²) in [7, 11) is 0. The summed E-state index contributed by atoms with van der Waals surface area (Å²) in [5.74, 6) is 0. The highest BCUT2D eigenvalue weighted by atomic mass is 16.5. The molecule has 1 spiro atoms. The largest absolute Gasteiger partial charge is 0.359 e. The molecule has 0 bridgehead atoms. The lowest BCUT2D eigenvalue weighted by Crippen LogP contribution is -2.63. The molecule has 0 amide bonds. The van der Waals surface area contributed by atoms with Gasteiger partial charge in [-0.1, -0.05) is 13.8 Å².